The zero-order chi connectivity index (χ0) is 25.4. The second kappa shape index (κ2) is 9.37. The summed E-state index contributed by atoms with van der Waals surface area (Å²) in [5.41, 5.74) is 0.389. The molecule has 13 heteroatoms. The highest BCUT2D eigenvalue weighted by Gasteiger charge is 2.39. The van der Waals surface area contributed by atoms with E-state index in [4.69, 9.17) is 9.47 Å². The number of pyridine rings is 1. The number of morpholine rings is 1. The number of anilines is 1. The number of carbonyl (C=O) groups excluding carboxylic acids is 1. The number of hydrogen-bond donors (Lipinski definition) is 0. The van der Waals surface area contributed by atoms with E-state index in [0.29, 0.717) is 31.9 Å². The van der Waals surface area contributed by atoms with Crippen LogP contribution in [-0.4, -0.2) is 64.9 Å². The highest BCUT2D eigenvalue weighted by atomic mass is 19.4. The third kappa shape index (κ3) is 4.70. The van der Waals surface area contributed by atoms with E-state index < -0.39 is 29.8 Å². The van der Waals surface area contributed by atoms with Crippen molar-refractivity contribution in [3.05, 3.63) is 53.3 Å². The van der Waals surface area contributed by atoms with Crippen molar-refractivity contribution in [2.45, 2.75) is 25.7 Å². The molecule has 190 valence electrons. The van der Waals surface area contributed by atoms with Crippen LogP contribution in [0, 0.1) is 5.82 Å². The van der Waals surface area contributed by atoms with Crippen LogP contribution in [0.2, 0.25) is 0 Å². The van der Waals surface area contributed by atoms with Gasteiger partial charge in [-0.2, -0.15) is 18.2 Å². The lowest BCUT2D eigenvalue weighted by Crippen LogP contribution is -2.40. The Kier molecular flexibility index (Phi) is 6.24. The number of alkyl halides is 3. The number of ether oxygens (including phenoxy) is 2. The molecule has 4 heterocycles. The van der Waals surface area contributed by atoms with Crippen molar-refractivity contribution in [3.8, 4) is 17.1 Å². The number of carbonyl (C=O) groups is 1. The first-order valence-electron chi connectivity index (χ1n) is 11.2. The third-order valence-electron chi connectivity index (χ3n) is 6.01. The van der Waals surface area contributed by atoms with Crippen LogP contribution in [0.4, 0.5) is 23.4 Å². The molecular formula is C23H21F4N5O4. The Balaban J connectivity index is 1.38. The molecule has 0 N–H and O–H groups in total. The van der Waals surface area contributed by atoms with Crippen LogP contribution >= 0.6 is 0 Å². The molecule has 0 unspecified atom stereocenters. The molecule has 1 amide bonds. The van der Waals surface area contributed by atoms with Gasteiger partial charge in [0, 0.05) is 30.4 Å². The van der Waals surface area contributed by atoms with Gasteiger partial charge in [-0.05, 0) is 31.2 Å². The quantitative estimate of drug-likeness (QED) is 0.497. The Bertz CT molecular complexity index is 1260. The Labute approximate surface area is 202 Å². The van der Waals surface area contributed by atoms with Crippen molar-refractivity contribution in [1.82, 2.24) is 20.0 Å². The molecular weight excluding hydrogens is 486 g/mol. The van der Waals surface area contributed by atoms with Gasteiger partial charge in [0.1, 0.15) is 24.0 Å². The molecule has 2 aliphatic heterocycles. The minimum Gasteiger partial charge on any atom is -0.491 e. The van der Waals surface area contributed by atoms with E-state index in [1.54, 1.807) is 19.1 Å². The molecule has 1 atom stereocenters. The van der Waals surface area contributed by atoms with E-state index in [1.807, 2.05) is 0 Å². The average molecular weight is 507 g/mol. The molecule has 5 rings (SSSR count). The van der Waals surface area contributed by atoms with Crippen molar-refractivity contribution in [2.75, 3.05) is 37.8 Å². The number of hydrogen-bond acceptors (Lipinski definition) is 8. The summed E-state index contributed by atoms with van der Waals surface area (Å²) in [6.45, 7) is 4.33. The summed E-state index contributed by atoms with van der Waals surface area (Å²) in [5.74, 6) is -2.26. The molecule has 0 spiro atoms. The van der Waals surface area contributed by atoms with Crippen LogP contribution in [0.5, 0.6) is 5.75 Å². The summed E-state index contributed by atoms with van der Waals surface area (Å²) in [7, 11) is 0. The van der Waals surface area contributed by atoms with Gasteiger partial charge in [-0.3, -0.25) is 4.79 Å². The second-order valence-corrected chi connectivity index (χ2v) is 8.45. The Morgan fingerprint density at radius 2 is 1.94 bits per heavy atom. The number of benzene rings is 1. The van der Waals surface area contributed by atoms with Gasteiger partial charge >= 0.3 is 12.1 Å². The summed E-state index contributed by atoms with van der Waals surface area (Å²) < 4.78 is 68.8. The van der Waals surface area contributed by atoms with Gasteiger partial charge in [-0.25, -0.2) is 9.37 Å². The molecule has 36 heavy (non-hydrogen) atoms. The highest BCUT2D eigenvalue weighted by Crippen LogP contribution is 2.34. The van der Waals surface area contributed by atoms with Crippen molar-refractivity contribution in [3.63, 3.8) is 0 Å². The van der Waals surface area contributed by atoms with Gasteiger partial charge in [-0.1, -0.05) is 5.16 Å². The number of nitrogens with zero attached hydrogens (tertiary/aromatic N) is 5. The lowest BCUT2D eigenvalue weighted by Gasteiger charge is -2.28. The monoisotopic (exact) mass is 507 g/mol. The first kappa shape index (κ1) is 24.0. The van der Waals surface area contributed by atoms with E-state index >= 15 is 4.39 Å². The third-order valence-corrected chi connectivity index (χ3v) is 6.01. The zero-order valence-electron chi connectivity index (χ0n) is 19.1. The molecule has 1 fully saturated rings. The summed E-state index contributed by atoms with van der Waals surface area (Å²) in [4.78, 5) is 24.5. The summed E-state index contributed by atoms with van der Waals surface area (Å²) in [6, 6.07) is 5.34. The van der Waals surface area contributed by atoms with Crippen LogP contribution < -0.4 is 9.64 Å². The fourth-order valence-electron chi connectivity index (χ4n) is 4.03. The van der Waals surface area contributed by atoms with Crippen LogP contribution in [0.25, 0.3) is 11.4 Å². The number of rotatable bonds is 3. The number of fused-ring (bicyclic) bond motifs is 1. The maximum absolute atomic E-state index is 15.1. The van der Waals surface area contributed by atoms with E-state index in [-0.39, 0.29) is 35.9 Å². The molecule has 0 radical (unpaired) electrons. The molecule has 2 aliphatic rings. The summed E-state index contributed by atoms with van der Waals surface area (Å²) in [5, 5.41) is 3.29. The fourth-order valence-corrected chi connectivity index (χ4v) is 4.03. The second-order valence-electron chi connectivity index (χ2n) is 8.45. The van der Waals surface area contributed by atoms with Crippen LogP contribution in [0.3, 0.4) is 0 Å². The van der Waals surface area contributed by atoms with Gasteiger partial charge in [0.05, 0.1) is 31.4 Å². The predicted octanol–water partition coefficient (Wildman–Crippen LogP) is 3.55. The van der Waals surface area contributed by atoms with E-state index in [0.717, 1.165) is 11.9 Å². The largest absolute Gasteiger partial charge is 0.491 e. The lowest BCUT2D eigenvalue weighted by molar-refractivity contribution is -0.159. The van der Waals surface area contributed by atoms with Crippen LogP contribution in [-0.2, 0) is 17.5 Å². The molecule has 1 saturated heterocycles. The maximum atomic E-state index is 15.1. The van der Waals surface area contributed by atoms with Crippen LogP contribution in [0.1, 0.15) is 28.7 Å². The topological polar surface area (TPSA) is 93.8 Å². The average Bonchev–Trinajstić information content (AvgIpc) is 3.32. The summed E-state index contributed by atoms with van der Waals surface area (Å²) >= 11 is 0. The standard InChI is InChI=1S/C23H21F4N5O4/c1-13-12-35-18-9-15(20-29-22(36-30-20)23(25,26)27)8-17(24)16(18)11-32(13)21(33)14-2-3-19(28-10-14)31-4-6-34-7-5-31/h2-3,8-10,13H,4-7,11-12H2,1H3/t13-/m1/s1. The molecule has 1 aromatic carbocycles. The molecule has 2 aromatic heterocycles. The van der Waals surface area contributed by atoms with E-state index in [9.17, 15) is 18.0 Å². The van der Waals surface area contributed by atoms with Gasteiger partial charge < -0.3 is 23.8 Å². The lowest BCUT2D eigenvalue weighted by atomic mass is 10.1. The molecule has 0 bridgehead atoms. The van der Waals surface area contributed by atoms with E-state index in [2.05, 4.69) is 24.5 Å². The van der Waals surface area contributed by atoms with Gasteiger partial charge in [0.25, 0.3) is 5.91 Å². The van der Waals surface area contributed by atoms with Crippen LogP contribution in [0.15, 0.2) is 35.0 Å². The Hall–Kier alpha value is -3.74. The van der Waals surface area contributed by atoms with Crippen molar-refractivity contribution >= 4 is 11.7 Å². The highest BCUT2D eigenvalue weighted by molar-refractivity contribution is 5.94. The molecule has 9 nitrogen and oxygen atoms in total. The fraction of sp³-hybridized carbons (Fsp3) is 0.391. The van der Waals surface area contributed by atoms with Crippen molar-refractivity contribution in [1.29, 1.82) is 0 Å². The van der Waals surface area contributed by atoms with Gasteiger partial charge in [0.2, 0.25) is 5.82 Å². The molecule has 3 aromatic rings. The number of aromatic nitrogens is 3. The maximum Gasteiger partial charge on any atom is 0.471 e. The SMILES string of the molecule is C[C@@H]1COc2cc(-c3noc(C(F)(F)F)n3)cc(F)c2CN1C(=O)c1ccc(N2CCOCC2)nc1. The van der Waals surface area contributed by atoms with Gasteiger partial charge in [0.15, 0.2) is 0 Å². The summed E-state index contributed by atoms with van der Waals surface area (Å²) in [6.07, 6.45) is -3.34. The zero-order valence-corrected chi connectivity index (χ0v) is 19.1. The number of amides is 1. The Morgan fingerprint density at radius 3 is 2.61 bits per heavy atom. The first-order chi connectivity index (χ1) is 17.2. The van der Waals surface area contributed by atoms with E-state index in [1.165, 1.54) is 17.2 Å². The minimum atomic E-state index is -4.82. The minimum absolute atomic E-state index is 0.0409. The molecule has 0 saturated carbocycles. The normalized spacial score (nSPS) is 18.4. The van der Waals surface area contributed by atoms with Gasteiger partial charge in [-0.15, -0.1) is 0 Å². The molecule has 0 aliphatic carbocycles. The Morgan fingerprint density at radius 1 is 1.17 bits per heavy atom. The first-order valence-corrected chi connectivity index (χ1v) is 11.2. The number of halogens is 4. The van der Waals surface area contributed by atoms with Crippen molar-refractivity contribution < 1.29 is 36.4 Å². The smallest absolute Gasteiger partial charge is 0.471 e. The van der Waals surface area contributed by atoms with Crippen molar-refractivity contribution in [2.24, 2.45) is 0 Å². The predicted molar refractivity (Wildman–Crippen MR) is 117 cm³/mol.